The zero-order chi connectivity index (χ0) is 14.4. The van der Waals surface area contributed by atoms with Gasteiger partial charge in [0.2, 0.25) is 0 Å². The van der Waals surface area contributed by atoms with Crippen LogP contribution in [-0.4, -0.2) is 44.6 Å². The van der Waals surface area contributed by atoms with Gasteiger partial charge in [-0.15, -0.1) is 0 Å². The molecule has 1 aromatic carbocycles. The molecule has 0 aliphatic heterocycles. The van der Waals surface area contributed by atoms with Crippen molar-refractivity contribution >= 4 is 0 Å². The van der Waals surface area contributed by atoms with Gasteiger partial charge in [0.05, 0.1) is 19.8 Å². The molecule has 0 amide bonds. The Labute approximate surface area is 121 Å². The van der Waals surface area contributed by atoms with Gasteiger partial charge >= 0.3 is 0 Å². The fraction of sp³-hybridized carbons (Fsp3) is 0.625. The quantitative estimate of drug-likeness (QED) is 0.763. The van der Waals surface area contributed by atoms with Crippen LogP contribution < -0.4 is 10.1 Å². The molecule has 1 unspecified atom stereocenters. The van der Waals surface area contributed by atoms with Gasteiger partial charge in [0.15, 0.2) is 0 Å². The number of rotatable bonds is 8. The first-order chi connectivity index (χ1) is 9.72. The second-order valence-electron chi connectivity index (χ2n) is 5.49. The van der Waals surface area contributed by atoms with Gasteiger partial charge in [0.1, 0.15) is 5.75 Å². The first-order valence-electron chi connectivity index (χ1n) is 7.27. The van der Waals surface area contributed by atoms with Gasteiger partial charge in [-0.25, -0.2) is 0 Å². The van der Waals surface area contributed by atoms with E-state index in [0.29, 0.717) is 18.6 Å². The maximum absolute atomic E-state index is 9.56. The van der Waals surface area contributed by atoms with Crippen molar-refractivity contribution in [3.63, 3.8) is 0 Å². The third kappa shape index (κ3) is 4.20. The SMILES string of the molecule is COCC(O)CCNC1CC(c2ccc(OC)cc2)C1. The summed E-state index contributed by atoms with van der Waals surface area (Å²) in [6.07, 6.45) is 2.74. The van der Waals surface area contributed by atoms with Gasteiger partial charge in [-0.2, -0.15) is 0 Å². The zero-order valence-electron chi connectivity index (χ0n) is 12.3. The minimum absolute atomic E-state index is 0.357. The fourth-order valence-corrected chi connectivity index (χ4v) is 2.66. The van der Waals surface area contributed by atoms with E-state index in [1.165, 1.54) is 18.4 Å². The highest BCUT2D eigenvalue weighted by atomic mass is 16.5. The number of hydrogen-bond donors (Lipinski definition) is 2. The molecule has 1 aliphatic carbocycles. The highest BCUT2D eigenvalue weighted by Crippen LogP contribution is 2.37. The molecule has 1 atom stereocenters. The van der Waals surface area contributed by atoms with Crippen molar-refractivity contribution in [2.75, 3.05) is 27.4 Å². The smallest absolute Gasteiger partial charge is 0.118 e. The van der Waals surface area contributed by atoms with Crippen molar-refractivity contribution in [1.82, 2.24) is 5.32 Å². The van der Waals surface area contributed by atoms with Crippen LogP contribution in [0.25, 0.3) is 0 Å². The summed E-state index contributed by atoms with van der Waals surface area (Å²) in [6, 6.07) is 8.94. The van der Waals surface area contributed by atoms with Crippen LogP contribution in [0, 0.1) is 0 Å². The molecule has 0 aromatic heterocycles. The van der Waals surface area contributed by atoms with E-state index < -0.39 is 0 Å². The predicted molar refractivity (Wildman–Crippen MR) is 79.3 cm³/mol. The summed E-state index contributed by atoms with van der Waals surface area (Å²) in [7, 11) is 3.30. The van der Waals surface area contributed by atoms with E-state index in [2.05, 4.69) is 17.4 Å². The zero-order valence-corrected chi connectivity index (χ0v) is 12.3. The lowest BCUT2D eigenvalue weighted by Gasteiger charge is -2.36. The Balaban J connectivity index is 1.64. The molecule has 0 saturated heterocycles. The van der Waals surface area contributed by atoms with Crippen molar-refractivity contribution < 1.29 is 14.6 Å². The summed E-state index contributed by atoms with van der Waals surface area (Å²) in [5.74, 6) is 1.57. The largest absolute Gasteiger partial charge is 0.497 e. The van der Waals surface area contributed by atoms with Crippen LogP contribution in [0.2, 0.25) is 0 Å². The van der Waals surface area contributed by atoms with E-state index >= 15 is 0 Å². The summed E-state index contributed by atoms with van der Waals surface area (Å²) >= 11 is 0. The molecule has 0 spiro atoms. The molecular formula is C16H25NO3. The predicted octanol–water partition coefficient (Wildman–Crippen LogP) is 1.93. The molecule has 0 radical (unpaired) electrons. The molecule has 112 valence electrons. The van der Waals surface area contributed by atoms with Crippen LogP contribution in [0.3, 0.4) is 0 Å². The topological polar surface area (TPSA) is 50.7 Å². The van der Waals surface area contributed by atoms with E-state index in [-0.39, 0.29) is 6.10 Å². The van der Waals surface area contributed by atoms with Crippen molar-refractivity contribution in [3.05, 3.63) is 29.8 Å². The van der Waals surface area contributed by atoms with E-state index in [1.54, 1.807) is 14.2 Å². The highest BCUT2D eigenvalue weighted by molar-refractivity contribution is 5.30. The first kappa shape index (κ1) is 15.3. The van der Waals surface area contributed by atoms with Gasteiger partial charge in [-0.1, -0.05) is 12.1 Å². The van der Waals surface area contributed by atoms with Gasteiger partial charge in [0.25, 0.3) is 0 Å². The number of hydrogen-bond acceptors (Lipinski definition) is 4. The summed E-state index contributed by atoms with van der Waals surface area (Å²) in [6.45, 7) is 1.27. The van der Waals surface area contributed by atoms with Crippen LogP contribution in [0.4, 0.5) is 0 Å². The molecule has 1 saturated carbocycles. The Kier molecular flexibility index (Phi) is 5.83. The molecule has 2 N–H and O–H groups in total. The van der Waals surface area contributed by atoms with Crippen LogP contribution in [-0.2, 0) is 4.74 Å². The maximum Gasteiger partial charge on any atom is 0.118 e. The van der Waals surface area contributed by atoms with E-state index in [9.17, 15) is 5.11 Å². The van der Waals surface area contributed by atoms with Gasteiger partial charge < -0.3 is 19.9 Å². The van der Waals surface area contributed by atoms with E-state index in [4.69, 9.17) is 9.47 Å². The second-order valence-corrected chi connectivity index (χ2v) is 5.49. The summed E-state index contributed by atoms with van der Waals surface area (Å²) in [5, 5.41) is 13.0. The Morgan fingerprint density at radius 3 is 2.55 bits per heavy atom. The monoisotopic (exact) mass is 279 g/mol. The average molecular weight is 279 g/mol. The normalized spacial score (nSPS) is 23.1. The Hall–Kier alpha value is -1.10. The summed E-state index contributed by atoms with van der Waals surface area (Å²) in [4.78, 5) is 0. The number of ether oxygens (including phenoxy) is 2. The second kappa shape index (κ2) is 7.62. The van der Waals surface area contributed by atoms with Gasteiger partial charge in [-0.05, 0) is 49.4 Å². The van der Waals surface area contributed by atoms with Crippen molar-refractivity contribution in [2.24, 2.45) is 0 Å². The molecule has 1 aromatic rings. The maximum atomic E-state index is 9.56. The average Bonchev–Trinajstić information content (AvgIpc) is 2.42. The van der Waals surface area contributed by atoms with Gasteiger partial charge in [-0.3, -0.25) is 0 Å². The van der Waals surface area contributed by atoms with Crippen LogP contribution in [0.5, 0.6) is 5.75 Å². The first-order valence-corrected chi connectivity index (χ1v) is 7.27. The number of aliphatic hydroxyl groups is 1. The molecule has 0 heterocycles. The van der Waals surface area contributed by atoms with Crippen LogP contribution >= 0.6 is 0 Å². The summed E-state index contributed by atoms with van der Waals surface area (Å²) < 4.78 is 10.1. The van der Waals surface area contributed by atoms with Crippen molar-refractivity contribution in [1.29, 1.82) is 0 Å². The molecule has 4 nitrogen and oxygen atoms in total. The lowest BCUT2D eigenvalue weighted by molar-refractivity contribution is 0.0582. The fourth-order valence-electron chi connectivity index (χ4n) is 2.66. The molecule has 20 heavy (non-hydrogen) atoms. The molecule has 2 rings (SSSR count). The Morgan fingerprint density at radius 2 is 1.95 bits per heavy atom. The number of nitrogens with one attached hydrogen (secondary N) is 1. The number of benzene rings is 1. The van der Waals surface area contributed by atoms with Crippen molar-refractivity contribution in [2.45, 2.75) is 37.3 Å². The summed E-state index contributed by atoms with van der Waals surface area (Å²) in [5.41, 5.74) is 1.39. The molecule has 1 aliphatic rings. The lowest BCUT2D eigenvalue weighted by Crippen LogP contribution is -2.41. The van der Waals surface area contributed by atoms with Gasteiger partial charge in [0, 0.05) is 13.2 Å². The number of aliphatic hydroxyl groups excluding tert-OH is 1. The van der Waals surface area contributed by atoms with Crippen LogP contribution in [0.15, 0.2) is 24.3 Å². The molecular weight excluding hydrogens is 254 g/mol. The minimum atomic E-state index is -0.357. The van der Waals surface area contributed by atoms with E-state index in [1.807, 2.05) is 12.1 Å². The molecule has 1 fully saturated rings. The Morgan fingerprint density at radius 1 is 1.25 bits per heavy atom. The third-order valence-electron chi connectivity index (χ3n) is 3.99. The van der Waals surface area contributed by atoms with Crippen molar-refractivity contribution in [3.8, 4) is 5.75 Å². The molecule has 4 heteroatoms. The highest BCUT2D eigenvalue weighted by Gasteiger charge is 2.29. The lowest BCUT2D eigenvalue weighted by atomic mass is 9.76. The number of methoxy groups -OCH3 is 2. The van der Waals surface area contributed by atoms with Crippen LogP contribution in [0.1, 0.15) is 30.7 Å². The molecule has 0 bridgehead atoms. The Bertz CT molecular complexity index is 387. The minimum Gasteiger partial charge on any atom is -0.497 e. The third-order valence-corrected chi connectivity index (χ3v) is 3.99. The van der Waals surface area contributed by atoms with E-state index in [0.717, 1.165) is 18.7 Å². The standard InChI is InChI=1S/C16H25NO3/c1-19-11-15(18)7-8-17-14-9-13(10-14)12-3-5-16(20-2)6-4-12/h3-6,13-15,17-18H,7-11H2,1-2H3.